The van der Waals surface area contributed by atoms with Gasteiger partial charge in [-0.3, -0.25) is 4.79 Å². The number of nitrogens with zero attached hydrogens (tertiary/aromatic N) is 5. The first-order valence-electron chi connectivity index (χ1n) is 11.2. The van der Waals surface area contributed by atoms with Crippen molar-refractivity contribution in [1.82, 2.24) is 24.6 Å². The normalized spacial score (nSPS) is 15.3. The van der Waals surface area contributed by atoms with Crippen molar-refractivity contribution < 1.29 is 9.18 Å². The van der Waals surface area contributed by atoms with Crippen molar-refractivity contribution in [2.45, 2.75) is 19.5 Å². The Labute approximate surface area is 209 Å². The number of hydrogen-bond acceptors (Lipinski definition) is 6. The molecule has 0 bridgehead atoms. The number of aromatic nitrogens is 4. The van der Waals surface area contributed by atoms with E-state index in [1.54, 1.807) is 23.5 Å². The predicted octanol–water partition coefficient (Wildman–Crippen LogP) is 6.15. The highest BCUT2D eigenvalue weighted by molar-refractivity contribution is 7.13. The number of carbonyl (C=O) groups is 1. The van der Waals surface area contributed by atoms with E-state index >= 15 is 0 Å². The Morgan fingerprint density at radius 1 is 0.971 bits per heavy atom. The molecule has 0 saturated heterocycles. The third-order valence-electron chi connectivity index (χ3n) is 6.21. The highest BCUT2D eigenvalue weighted by Gasteiger charge is 2.32. The topological polar surface area (TPSA) is 63.9 Å². The molecule has 5 aromatic rings. The molecule has 0 fully saturated rings. The van der Waals surface area contributed by atoms with Gasteiger partial charge in [0.25, 0.3) is 5.91 Å². The fourth-order valence-corrected chi connectivity index (χ4v) is 5.88. The first kappa shape index (κ1) is 21.8. The Balaban J connectivity index is 1.23. The average Bonchev–Trinajstić information content (AvgIpc) is 3.65. The molecule has 1 amide bonds. The van der Waals surface area contributed by atoms with Crippen molar-refractivity contribution in [3.05, 3.63) is 88.6 Å². The molecule has 2 aromatic carbocycles. The van der Waals surface area contributed by atoms with E-state index in [1.807, 2.05) is 57.5 Å². The molecule has 1 aliphatic heterocycles. The number of amides is 1. The minimum absolute atomic E-state index is 0.0155. The molecule has 0 N–H and O–H groups in total. The lowest BCUT2D eigenvalue weighted by Crippen LogP contribution is -2.41. The lowest BCUT2D eigenvalue weighted by Gasteiger charge is -2.33. The molecule has 0 saturated carbocycles. The highest BCUT2D eigenvalue weighted by atomic mass is 32.1. The van der Waals surface area contributed by atoms with Crippen LogP contribution in [0.3, 0.4) is 0 Å². The fraction of sp³-hybridized carbons (Fsp3) is 0.154. The summed E-state index contributed by atoms with van der Waals surface area (Å²) < 4.78 is 15.3. The first-order chi connectivity index (χ1) is 17.1. The van der Waals surface area contributed by atoms with Crippen LogP contribution in [0, 0.1) is 5.82 Å². The molecule has 1 atom stereocenters. The second-order valence-electron chi connectivity index (χ2n) is 8.31. The van der Waals surface area contributed by atoms with Gasteiger partial charge in [-0.05, 0) is 60.3 Å². The van der Waals surface area contributed by atoms with Crippen molar-refractivity contribution in [3.8, 4) is 32.5 Å². The van der Waals surface area contributed by atoms with E-state index in [4.69, 9.17) is 4.98 Å². The Morgan fingerprint density at radius 3 is 2.49 bits per heavy atom. The molecule has 6 nitrogen and oxygen atoms in total. The second-order valence-corrected chi connectivity index (χ2v) is 10.1. The molecule has 174 valence electrons. The third-order valence-corrected chi connectivity index (χ3v) is 8.02. The van der Waals surface area contributed by atoms with E-state index in [0.29, 0.717) is 24.5 Å². The summed E-state index contributed by atoms with van der Waals surface area (Å²) in [4.78, 5) is 21.0. The van der Waals surface area contributed by atoms with Crippen LogP contribution in [0.1, 0.15) is 29.1 Å². The van der Waals surface area contributed by atoms with Gasteiger partial charge in [0, 0.05) is 34.5 Å². The zero-order valence-corrected chi connectivity index (χ0v) is 20.4. The van der Waals surface area contributed by atoms with Gasteiger partial charge in [0.05, 0.1) is 6.04 Å². The third kappa shape index (κ3) is 3.96. The molecule has 35 heavy (non-hydrogen) atoms. The van der Waals surface area contributed by atoms with Crippen LogP contribution < -0.4 is 0 Å². The lowest BCUT2D eigenvalue weighted by molar-refractivity contribution is 0.0638. The Bertz CT molecular complexity index is 1490. The van der Waals surface area contributed by atoms with Crippen LogP contribution in [-0.4, -0.2) is 37.1 Å². The summed E-state index contributed by atoms with van der Waals surface area (Å²) >= 11 is 3.16. The van der Waals surface area contributed by atoms with Crippen LogP contribution >= 0.6 is 22.7 Å². The van der Waals surface area contributed by atoms with E-state index in [0.717, 1.165) is 27.7 Å². The predicted molar refractivity (Wildman–Crippen MR) is 136 cm³/mol. The minimum atomic E-state index is -0.274. The summed E-state index contributed by atoms with van der Waals surface area (Å²) in [7, 11) is 0. The average molecular weight is 502 g/mol. The van der Waals surface area contributed by atoms with E-state index < -0.39 is 0 Å². The number of fused-ring (bicyclic) bond motifs is 1. The summed E-state index contributed by atoms with van der Waals surface area (Å²) in [6, 6.07) is 17.9. The summed E-state index contributed by atoms with van der Waals surface area (Å²) in [6.45, 7) is 3.12. The molecule has 9 heteroatoms. The molecular formula is C26H20FN5OS2. The Hall–Kier alpha value is -3.69. The molecule has 1 aliphatic rings. The van der Waals surface area contributed by atoms with Crippen LogP contribution in [0.15, 0.2) is 71.4 Å². The summed E-state index contributed by atoms with van der Waals surface area (Å²) in [5.74, 6) is 1.14. The van der Waals surface area contributed by atoms with Crippen LogP contribution in [0.25, 0.3) is 32.5 Å². The van der Waals surface area contributed by atoms with Crippen molar-refractivity contribution in [2.24, 2.45) is 0 Å². The first-order valence-corrected chi connectivity index (χ1v) is 12.9. The minimum Gasteiger partial charge on any atom is -0.327 e. The summed E-state index contributed by atoms with van der Waals surface area (Å²) in [5, 5.41) is 13.6. The van der Waals surface area contributed by atoms with Gasteiger partial charge in [-0.25, -0.2) is 9.37 Å². The van der Waals surface area contributed by atoms with Gasteiger partial charge >= 0.3 is 0 Å². The van der Waals surface area contributed by atoms with E-state index in [9.17, 15) is 9.18 Å². The molecule has 1 unspecified atom stereocenters. The molecule has 0 aliphatic carbocycles. The van der Waals surface area contributed by atoms with Gasteiger partial charge in [-0.2, -0.15) is 0 Å². The van der Waals surface area contributed by atoms with Gasteiger partial charge < -0.3 is 9.47 Å². The van der Waals surface area contributed by atoms with Crippen molar-refractivity contribution in [3.63, 3.8) is 0 Å². The van der Waals surface area contributed by atoms with Crippen molar-refractivity contribution in [2.75, 3.05) is 6.54 Å². The summed E-state index contributed by atoms with van der Waals surface area (Å²) in [6.07, 6.45) is 0. The second kappa shape index (κ2) is 8.83. The van der Waals surface area contributed by atoms with Gasteiger partial charge in [-0.15, -0.1) is 32.9 Å². The van der Waals surface area contributed by atoms with E-state index in [2.05, 4.69) is 16.3 Å². The van der Waals surface area contributed by atoms with Gasteiger partial charge in [0.1, 0.15) is 16.5 Å². The van der Waals surface area contributed by atoms with Gasteiger partial charge in [0.2, 0.25) is 0 Å². The van der Waals surface area contributed by atoms with Crippen LogP contribution in [0.4, 0.5) is 4.39 Å². The maximum atomic E-state index is 13.3. The largest absolute Gasteiger partial charge is 0.327 e. The number of rotatable bonds is 4. The molecule has 3 aromatic heterocycles. The standard InChI is InChI=1S/C26H20FN5OS2/c1-16-23-29-30-24(21-15-35-25(28-21)18-8-10-20(27)11-9-18)32(23)13-12-31(16)26(33)19-6-4-17(5-7-19)22-3-2-14-34-22/h2-11,14-16H,12-13H2,1H3. The molecule has 0 radical (unpaired) electrons. The SMILES string of the molecule is CC1c2nnc(-c3csc(-c4ccc(F)cc4)n3)n2CCN1C(=O)c1ccc(-c2cccs2)cc1. The quantitative estimate of drug-likeness (QED) is 0.296. The zero-order valence-electron chi connectivity index (χ0n) is 18.8. The van der Waals surface area contributed by atoms with Crippen LogP contribution in [0.5, 0.6) is 0 Å². The number of carbonyl (C=O) groups excluding carboxylic acids is 1. The smallest absolute Gasteiger partial charge is 0.254 e. The van der Waals surface area contributed by atoms with Gasteiger partial charge in [0.15, 0.2) is 11.6 Å². The monoisotopic (exact) mass is 501 g/mol. The maximum Gasteiger partial charge on any atom is 0.254 e. The molecule has 0 spiro atoms. The lowest BCUT2D eigenvalue weighted by atomic mass is 10.1. The number of hydrogen-bond donors (Lipinski definition) is 0. The number of thiazole rings is 1. The number of benzene rings is 2. The zero-order chi connectivity index (χ0) is 23.9. The van der Waals surface area contributed by atoms with E-state index in [1.165, 1.54) is 28.3 Å². The number of halogens is 1. The maximum absolute atomic E-state index is 13.3. The van der Waals surface area contributed by atoms with Crippen LogP contribution in [0.2, 0.25) is 0 Å². The number of thiophene rings is 1. The Morgan fingerprint density at radius 2 is 1.74 bits per heavy atom. The Kier molecular flexibility index (Phi) is 5.50. The molecule has 6 rings (SSSR count). The van der Waals surface area contributed by atoms with Crippen LogP contribution in [-0.2, 0) is 6.54 Å². The van der Waals surface area contributed by atoms with E-state index in [-0.39, 0.29) is 17.8 Å². The molecular weight excluding hydrogens is 481 g/mol. The highest BCUT2D eigenvalue weighted by Crippen LogP contribution is 2.33. The van der Waals surface area contributed by atoms with Crippen molar-refractivity contribution in [1.29, 1.82) is 0 Å². The molecule has 4 heterocycles. The summed E-state index contributed by atoms with van der Waals surface area (Å²) in [5.41, 5.74) is 3.35. The van der Waals surface area contributed by atoms with Crippen molar-refractivity contribution >= 4 is 28.6 Å². The fourth-order valence-electron chi connectivity index (χ4n) is 4.34. The van der Waals surface area contributed by atoms with Gasteiger partial charge in [-0.1, -0.05) is 18.2 Å².